The summed E-state index contributed by atoms with van der Waals surface area (Å²) in [5.41, 5.74) is 1.76. The zero-order valence-electron chi connectivity index (χ0n) is 12.3. The molecule has 5 nitrogen and oxygen atoms in total. The van der Waals surface area contributed by atoms with Gasteiger partial charge in [0.15, 0.2) is 5.82 Å². The van der Waals surface area contributed by atoms with Gasteiger partial charge in [-0.1, -0.05) is 46.9 Å². The molecule has 0 aliphatic rings. The van der Waals surface area contributed by atoms with Gasteiger partial charge in [-0.15, -0.1) is 5.10 Å². The lowest BCUT2D eigenvalue weighted by Gasteiger charge is -2.08. The maximum absolute atomic E-state index is 5.97. The molecule has 0 fully saturated rings. The van der Waals surface area contributed by atoms with Crippen LogP contribution in [0.15, 0.2) is 48.7 Å². The van der Waals surface area contributed by atoms with Crippen LogP contribution >= 0.6 is 34.8 Å². The third-order valence-corrected chi connectivity index (χ3v) is 3.75. The first-order valence-electron chi connectivity index (χ1n) is 7.00. The maximum atomic E-state index is 5.97. The average Bonchev–Trinajstić information content (AvgIpc) is 2.54. The number of aromatic nitrogens is 3. The van der Waals surface area contributed by atoms with Crippen LogP contribution in [0.2, 0.25) is 15.1 Å². The minimum Gasteiger partial charge on any atom is -0.365 e. The van der Waals surface area contributed by atoms with Crippen molar-refractivity contribution in [1.29, 1.82) is 0 Å². The molecule has 1 aromatic heterocycles. The van der Waals surface area contributed by atoms with Crippen molar-refractivity contribution in [3.05, 3.63) is 69.3 Å². The SMILES string of the molecule is Clc1ccc(CNc2cnnc(Nc3cc(Cl)cc(Cl)c3)n2)cc1. The molecule has 0 aliphatic heterocycles. The van der Waals surface area contributed by atoms with Crippen LogP contribution in [0.4, 0.5) is 17.5 Å². The highest BCUT2D eigenvalue weighted by Gasteiger charge is 2.04. The van der Waals surface area contributed by atoms with Crippen LogP contribution in [-0.2, 0) is 6.54 Å². The molecule has 24 heavy (non-hydrogen) atoms. The molecule has 2 aromatic carbocycles. The van der Waals surface area contributed by atoms with E-state index >= 15 is 0 Å². The van der Waals surface area contributed by atoms with E-state index in [1.54, 1.807) is 24.4 Å². The third-order valence-electron chi connectivity index (χ3n) is 3.06. The molecule has 0 atom stereocenters. The van der Waals surface area contributed by atoms with E-state index in [4.69, 9.17) is 34.8 Å². The molecule has 0 bridgehead atoms. The van der Waals surface area contributed by atoms with Crippen molar-refractivity contribution in [2.45, 2.75) is 6.54 Å². The summed E-state index contributed by atoms with van der Waals surface area (Å²) in [5.74, 6) is 0.935. The Bertz CT molecular complexity index is 819. The minimum atomic E-state index is 0.342. The fraction of sp³-hybridized carbons (Fsp3) is 0.0625. The first kappa shape index (κ1) is 16.8. The second kappa shape index (κ2) is 7.66. The highest BCUT2D eigenvalue weighted by molar-refractivity contribution is 6.35. The molecule has 0 aliphatic carbocycles. The predicted octanol–water partition coefficient (Wildman–Crippen LogP) is 5.19. The van der Waals surface area contributed by atoms with Gasteiger partial charge in [-0.05, 0) is 35.9 Å². The molecule has 3 rings (SSSR count). The lowest BCUT2D eigenvalue weighted by atomic mass is 10.2. The van der Waals surface area contributed by atoms with E-state index in [1.807, 2.05) is 24.3 Å². The molecule has 1 heterocycles. The van der Waals surface area contributed by atoms with Crippen LogP contribution in [0.25, 0.3) is 0 Å². The summed E-state index contributed by atoms with van der Waals surface area (Å²) in [4.78, 5) is 4.35. The normalized spacial score (nSPS) is 10.5. The summed E-state index contributed by atoms with van der Waals surface area (Å²) in [6.07, 6.45) is 1.55. The highest BCUT2D eigenvalue weighted by Crippen LogP contribution is 2.24. The van der Waals surface area contributed by atoms with Crippen LogP contribution in [0.5, 0.6) is 0 Å². The molecule has 0 unspecified atom stereocenters. The number of nitrogens with zero attached hydrogens (tertiary/aromatic N) is 3. The summed E-state index contributed by atoms with van der Waals surface area (Å²) >= 11 is 17.8. The Balaban J connectivity index is 1.68. The minimum absolute atomic E-state index is 0.342. The lowest BCUT2D eigenvalue weighted by molar-refractivity contribution is 0.966. The van der Waals surface area contributed by atoms with Gasteiger partial charge in [0.2, 0.25) is 5.95 Å². The third kappa shape index (κ3) is 4.71. The van der Waals surface area contributed by atoms with Gasteiger partial charge in [0.25, 0.3) is 0 Å². The second-order valence-electron chi connectivity index (χ2n) is 4.93. The summed E-state index contributed by atoms with van der Waals surface area (Å²) < 4.78 is 0. The number of benzene rings is 2. The molecular formula is C16H12Cl3N5. The first-order valence-corrected chi connectivity index (χ1v) is 8.13. The van der Waals surface area contributed by atoms with E-state index in [2.05, 4.69) is 25.8 Å². The average molecular weight is 381 g/mol. The molecule has 122 valence electrons. The Kier molecular flexibility index (Phi) is 5.35. The quantitative estimate of drug-likeness (QED) is 0.638. The lowest BCUT2D eigenvalue weighted by Crippen LogP contribution is -2.05. The molecule has 0 radical (unpaired) electrons. The zero-order valence-corrected chi connectivity index (χ0v) is 14.6. The standard InChI is InChI=1S/C16H12Cl3N5/c17-11-3-1-10(2-4-11)8-20-15-9-21-24-16(23-15)22-14-6-12(18)5-13(19)7-14/h1-7,9H,8H2,(H2,20,22,23,24). The molecule has 0 amide bonds. The van der Waals surface area contributed by atoms with E-state index in [9.17, 15) is 0 Å². The summed E-state index contributed by atoms with van der Waals surface area (Å²) in [5, 5.41) is 15.8. The molecule has 0 saturated carbocycles. The van der Waals surface area contributed by atoms with Gasteiger partial charge in [-0.2, -0.15) is 10.1 Å². The monoisotopic (exact) mass is 379 g/mol. The molecule has 0 spiro atoms. The van der Waals surface area contributed by atoms with Crippen LogP contribution in [-0.4, -0.2) is 15.2 Å². The van der Waals surface area contributed by atoms with Gasteiger partial charge < -0.3 is 10.6 Å². The van der Waals surface area contributed by atoms with Gasteiger partial charge in [0, 0.05) is 27.3 Å². The van der Waals surface area contributed by atoms with Crippen molar-refractivity contribution in [1.82, 2.24) is 15.2 Å². The maximum Gasteiger partial charge on any atom is 0.249 e. The number of hydrogen-bond acceptors (Lipinski definition) is 5. The fourth-order valence-electron chi connectivity index (χ4n) is 1.99. The van der Waals surface area contributed by atoms with Crippen LogP contribution in [0.3, 0.4) is 0 Å². The summed E-state index contributed by atoms with van der Waals surface area (Å²) in [7, 11) is 0. The number of anilines is 3. The number of hydrogen-bond donors (Lipinski definition) is 2. The Morgan fingerprint density at radius 2 is 1.58 bits per heavy atom. The largest absolute Gasteiger partial charge is 0.365 e. The predicted molar refractivity (Wildman–Crippen MR) is 98.4 cm³/mol. The number of halogens is 3. The second-order valence-corrected chi connectivity index (χ2v) is 6.24. The van der Waals surface area contributed by atoms with E-state index < -0.39 is 0 Å². The topological polar surface area (TPSA) is 62.7 Å². The van der Waals surface area contributed by atoms with Gasteiger partial charge in [-0.25, -0.2) is 0 Å². The Labute approximate surface area is 154 Å². The van der Waals surface area contributed by atoms with Crippen LogP contribution in [0.1, 0.15) is 5.56 Å². The van der Waals surface area contributed by atoms with Crippen LogP contribution in [0, 0.1) is 0 Å². The smallest absolute Gasteiger partial charge is 0.249 e. The molecule has 3 aromatic rings. The van der Waals surface area contributed by atoms with Crippen molar-refractivity contribution < 1.29 is 0 Å². The molecule has 2 N–H and O–H groups in total. The Hall–Kier alpha value is -2.08. The van der Waals surface area contributed by atoms with Crippen molar-refractivity contribution in [3.63, 3.8) is 0 Å². The van der Waals surface area contributed by atoms with Gasteiger partial charge >= 0.3 is 0 Å². The van der Waals surface area contributed by atoms with E-state index in [0.717, 1.165) is 5.56 Å². The number of rotatable bonds is 5. The van der Waals surface area contributed by atoms with E-state index in [-0.39, 0.29) is 0 Å². The van der Waals surface area contributed by atoms with Gasteiger partial charge in [0.1, 0.15) is 0 Å². The zero-order chi connectivity index (χ0) is 16.9. The summed E-state index contributed by atoms with van der Waals surface area (Å²) in [6.45, 7) is 0.596. The van der Waals surface area contributed by atoms with E-state index in [1.165, 1.54) is 0 Å². The van der Waals surface area contributed by atoms with Crippen LogP contribution < -0.4 is 10.6 Å². The molecule has 8 heteroatoms. The Morgan fingerprint density at radius 1 is 0.875 bits per heavy atom. The first-order chi connectivity index (χ1) is 11.6. The summed E-state index contributed by atoms with van der Waals surface area (Å²) in [6, 6.07) is 12.7. The van der Waals surface area contributed by atoms with Crippen molar-refractivity contribution >= 4 is 52.3 Å². The van der Waals surface area contributed by atoms with E-state index in [0.29, 0.717) is 39.1 Å². The van der Waals surface area contributed by atoms with Crippen molar-refractivity contribution in [2.75, 3.05) is 10.6 Å². The van der Waals surface area contributed by atoms with Gasteiger partial charge in [-0.3, -0.25) is 0 Å². The molecule has 0 saturated heterocycles. The highest BCUT2D eigenvalue weighted by atomic mass is 35.5. The van der Waals surface area contributed by atoms with Crippen molar-refractivity contribution in [2.24, 2.45) is 0 Å². The van der Waals surface area contributed by atoms with Crippen molar-refractivity contribution in [3.8, 4) is 0 Å². The molecular weight excluding hydrogens is 369 g/mol. The fourth-order valence-corrected chi connectivity index (χ4v) is 2.64. The van der Waals surface area contributed by atoms with Gasteiger partial charge in [0.05, 0.1) is 6.20 Å². The Morgan fingerprint density at radius 3 is 2.29 bits per heavy atom. The number of nitrogens with one attached hydrogen (secondary N) is 2.